The van der Waals surface area contributed by atoms with Crippen molar-refractivity contribution in [3.8, 4) is 5.75 Å². The molecule has 108 valence electrons. The normalized spacial score (nSPS) is 14.9. The lowest BCUT2D eigenvalue weighted by Gasteiger charge is -2.22. The van der Waals surface area contributed by atoms with Gasteiger partial charge in [0.1, 0.15) is 5.75 Å². The molecule has 0 aromatic heterocycles. The molecule has 1 aliphatic rings. The van der Waals surface area contributed by atoms with Gasteiger partial charge in [0.25, 0.3) is 5.91 Å². The van der Waals surface area contributed by atoms with Crippen molar-refractivity contribution in [2.75, 3.05) is 19.0 Å². The molecule has 4 nitrogen and oxygen atoms in total. The fraction of sp³-hybridized carbons (Fsp3) is 0.188. The Balaban J connectivity index is 1.96. The molecule has 0 saturated carbocycles. The minimum Gasteiger partial charge on any atom is -0.482 e. The van der Waals surface area contributed by atoms with E-state index in [-0.39, 0.29) is 18.6 Å². The number of carbonyl (C=O) groups is 1. The first-order valence-electron chi connectivity index (χ1n) is 6.66. The molecule has 1 amide bonds. The van der Waals surface area contributed by atoms with E-state index in [0.29, 0.717) is 5.75 Å². The lowest BCUT2D eigenvalue weighted by atomic mass is 9.98. The van der Waals surface area contributed by atoms with Crippen molar-refractivity contribution in [3.05, 3.63) is 58.1 Å². The summed E-state index contributed by atoms with van der Waals surface area (Å²) in [5.74, 6) is 0.591. The molecule has 1 atom stereocenters. The van der Waals surface area contributed by atoms with E-state index in [2.05, 4.69) is 38.7 Å². The molecule has 0 radical (unpaired) electrons. The third-order valence-corrected chi connectivity index (χ3v) is 3.99. The lowest BCUT2D eigenvalue weighted by molar-refractivity contribution is -0.118. The molecule has 3 rings (SSSR count). The summed E-state index contributed by atoms with van der Waals surface area (Å²) in [4.78, 5) is 11.4. The minimum atomic E-state index is -0.121. The third kappa shape index (κ3) is 2.94. The highest BCUT2D eigenvalue weighted by Crippen LogP contribution is 2.32. The average Bonchev–Trinajstić information content (AvgIpc) is 2.49. The molecule has 2 aromatic carbocycles. The fourth-order valence-corrected chi connectivity index (χ4v) is 2.73. The van der Waals surface area contributed by atoms with Crippen LogP contribution in [-0.2, 0) is 4.79 Å². The van der Waals surface area contributed by atoms with Gasteiger partial charge in [-0.3, -0.25) is 4.79 Å². The summed E-state index contributed by atoms with van der Waals surface area (Å²) in [7, 11) is 1.92. The maximum Gasteiger partial charge on any atom is 0.262 e. The second-order valence-corrected chi connectivity index (χ2v) is 5.78. The largest absolute Gasteiger partial charge is 0.482 e. The molecule has 1 aliphatic heterocycles. The van der Waals surface area contributed by atoms with Gasteiger partial charge in [-0.25, -0.2) is 0 Å². The maximum absolute atomic E-state index is 11.4. The van der Waals surface area contributed by atoms with E-state index in [9.17, 15) is 4.79 Å². The van der Waals surface area contributed by atoms with Crippen LogP contribution in [0.3, 0.4) is 0 Å². The number of hydrogen-bond acceptors (Lipinski definition) is 3. The van der Waals surface area contributed by atoms with Crippen molar-refractivity contribution in [3.63, 3.8) is 0 Å². The molecular formula is C16H15BrN2O2. The topological polar surface area (TPSA) is 50.4 Å². The summed E-state index contributed by atoms with van der Waals surface area (Å²) in [6.45, 7) is 0.0779. The molecule has 21 heavy (non-hydrogen) atoms. The number of carbonyl (C=O) groups excluding carboxylic acids is 1. The van der Waals surface area contributed by atoms with Gasteiger partial charge in [0, 0.05) is 4.47 Å². The standard InChI is InChI=1S/C16H15BrN2O2/c1-18-16(10-2-5-12(17)6-3-10)11-4-7-14-13(8-11)19-15(20)9-21-14/h2-8,16,18H,9H2,1H3,(H,19,20). The van der Waals surface area contributed by atoms with Crippen molar-refractivity contribution in [1.82, 2.24) is 5.32 Å². The number of hydrogen-bond donors (Lipinski definition) is 2. The second kappa shape index (κ2) is 5.87. The Hall–Kier alpha value is -1.85. The SMILES string of the molecule is CNC(c1ccc(Br)cc1)c1ccc2c(c1)NC(=O)CO2. The molecule has 2 aromatic rings. The Labute approximate surface area is 131 Å². The van der Waals surface area contributed by atoms with Crippen LogP contribution in [0.2, 0.25) is 0 Å². The molecule has 1 heterocycles. The van der Waals surface area contributed by atoms with E-state index in [1.807, 2.05) is 37.4 Å². The van der Waals surface area contributed by atoms with Crippen molar-refractivity contribution in [2.24, 2.45) is 0 Å². The molecule has 5 heteroatoms. The van der Waals surface area contributed by atoms with E-state index in [1.54, 1.807) is 0 Å². The Kier molecular flexibility index (Phi) is 3.94. The Bertz CT molecular complexity index is 670. The summed E-state index contributed by atoms with van der Waals surface area (Å²) in [5, 5.41) is 6.14. The molecular weight excluding hydrogens is 332 g/mol. The summed E-state index contributed by atoms with van der Waals surface area (Å²) in [6.07, 6.45) is 0. The highest BCUT2D eigenvalue weighted by Gasteiger charge is 2.19. The van der Waals surface area contributed by atoms with Gasteiger partial charge in [-0.15, -0.1) is 0 Å². The van der Waals surface area contributed by atoms with Crippen LogP contribution in [0.25, 0.3) is 0 Å². The van der Waals surface area contributed by atoms with Crippen molar-refractivity contribution in [1.29, 1.82) is 0 Å². The van der Waals surface area contributed by atoms with Crippen LogP contribution >= 0.6 is 15.9 Å². The molecule has 0 spiro atoms. The van der Waals surface area contributed by atoms with Crippen molar-refractivity contribution >= 4 is 27.5 Å². The zero-order chi connectivity index (χ0) is 14.8. The molecule has 0 saturated heterocycles. The zero-order valence-electron chi connectivity index (χ0n) is 11.5. The van der Waals surface area contributed by atoms with E-state index < -0.39 is 0 Å². The predicted octanol–water partition coefficient (Wildman–Crippen LogP) is 3.09. The van der Waals surface area contributed by atoms with Crippen molar-refractivity contribution in [2.45, 2.75) is 6.04 Å². The van der Waals surface area contributed by atoms with Gasteiger partial charge in [0.2, 0.25) is 0 Å². The first-order chi connectivity index (χ1) is 10.2. The Morgan fingerprint density at radius 2 is 1.90 bits per heavy atom. The summed E-state index contributed by atoms with van der Waals surface area (Å²) >= 11 is 3.44. The number of halogens is 1. The van der Waals surface area contributed by atoms with Crippen LogP contribution in [0, 0.1) is 0 Å². The molecule has 1 unspecified atom stereocenters. The summed E-state index contributed by atoms with van der Waals surface area (Å²) in [5.41, 5.74) is 2.95. The zero-order valence-corrected chi connectivity index (χ0v) is 13.1. The molecule has 2 N–H and O–H groups in total. The Morgan fingerprint density at radius 3 is 2.62 bits per heavy atom. The van der Waals surface area contributed by atoms with Gasteiger partial charge >= 0.3 is 0 Å². The highest BCUT2D eigenvalue weighted by atomic mass is 79.9. The summed E-state index contributed by atoms with van der Waals surface area (Å²) < 4.78 is 6.44. The monoisotopic (exact) mass is 346 g/mol. The summed E-state index contributed by atoms with van der Waals surface area (Å²) in [6, 6.07) is 14.1. The van der Waals surface area contributed by atoms with E-state index in [0.717, 1.165) is 21.3 Å². The first-order valence-corrected chi connectivity index (χ1v) is 7.46. The average molecular weight is 347 g/mol. The van der Waals surface area contributed by atoms with E-state index in [4.69, 9.17) is 4.74 Å². The number of nitrogens with one attached hydrogen (secondary N) is 2. The van der Waals surface area contributed by atoms with Crippen LogP contribution < -0.4 is 15.4 Å². The smallest absolute Gasteiger partial charge is 0.262 e. The number of fused-ring (bicyclic) bond motifs is 1. The maximum atomic E-state index is 11.4. The molecule has 0 fully saturated rings. The van der Waals surface area contributed by atoms with Crippen LogP contribution in [0.15, 0.2) is 46.9 Å². The van der Waals surface area contributed by atoms with Crippen LogP contribution in [0.1, 0.15) is 17.2 Å². The van der Waals surface area contributed by atoms with Gasteiger partial charge in [0.05, 0.1) is 11.7 Å². The van der Waals surface area contributed by atoms with Gasteiger partial charge < -0.3 is 15.4 Å². The number of anilines is 1. The molecule has 0 bridgehead atoms. The Morgan fingerprint density at radius 1 is 1.19 bits per heavy atom. The van der Waals surface area contributed by atoms with E-state index in [1.165, 1.54) is 0 Å². The van der Waals surface area contributed by atoms with Crippen LogP contribution in [-0.4, -0.2) is 19.6 Å². The van der Waals surface area contributed by atoms with Gasteiger partial charge in [-0.05, 0) is 42.4 Å². The first kappa shape index (κ1) is 14.1. The van der Waals surface area contributed by atoms with E-state index >= 15 is 0 Å². The highest BCUT2D eigenvalue weighted by molar-refractivity contribution is 9.10. The number of benzene rings is 2. The minimum absolute atomic E-state index is 0.0576. The number of amides is 1. The van der Waals surface area contributed by atoms with Gasteiger partial charge in [0.15, 0.2) is 6.61 Å². The van der Waals surface area contributed by atoms with Crippen molar-refractivity contribution < 1.29 is 9.53 Å². The third-order valence-electron chi connectivity index (χ3n) is 3.46. The second-order valence-electron chi connectivity index (χ2n) is 4.87. The number of rotatable bonds is 3. The van der Waals surface area contributed by atoms with Gasteiger partial charge in [-0.2, -0.15) is 0 Å². The van der Waals surface area contributed by atoms with Gasteiger partial charge in [-0.1, -0.05) is 34.1 Å². The lowest BCUT2D eigenvalue weighted by Crippen LogP contribution is -2.26. The fourth-order valence-electron chi connectivity index (χ4n) is 2.46. The number of ether oxygens (including phenoxy) is 1. The molecule has 0 aliphatic carbocycles. The quantitative estimate of drug-likeness (QED) is 0.897. The van der Waals surface area contributed by atoms with Crippen LogP contribution in [0.5, 0.6) is 5.75 Å². The predicted molar refractivity (Wildman–Crippen MR) is 85.6 cm³/mol. The van der Waals surface area contributed by atoms with Crippen LogP contribution in [0.4, 0.5) is 5.69 Å².